The van der Waals surface area contributed by atoms with E-state index in [2.05, 4.69) is 0 Å². The molecule has 106 valence electrons. The van der Waals surface area contributed by atoms with E-state index in [0.29, 0.717) is 13.0 Å². The number of aliphatic hydroxyl groups is 1. The predicted octanol–water partition coefficient (Wildman–Crippen LogP) is 3.72. The Morgan fingerprint density at radius 3 is 2.40 bits per heavy atom. The normalized spacial score (nSPS) is 11.9. The van der Waals surface area contributed by atoms with E-state index in [4.69, 9.17) is 9.47 Å². The maximum atomic E-state index is 9.98. The van der Waals surface area contributed by atoms with Crippen molar-refractivity contribution in [3.8, 4) is 11.5 Å². The Morgan fingerprint density at radius 1 is 1.05 bits per heavy atom. The second kappa shape index (κ2) is 6.96. The van der Waals surface area contributed by atoms with Crippen molar-refractivity contribution >= 4 is 0 Å². The van der Waals surface area contributed by atoms with Crippen LogP contribution < -0.4 is 9.47 Å². The predicted molar refractivity (Wildman–Crippen MR) is 79.0 cm³/mol. The van der Waals surface area contributed by atoms with Gasteiger partial charge in [-0.05, 0) is 30.2 Å². The minimum absolute atomic E-state index is 0.470. The summed E-state index contributed by atoms with van der Waals surface area (Å²) in [4.78, 5) is 0. The molecule has 0 amide bonds. The summed E-state index contributed by atoms with van der Waals surface area (Å²) in [6.45, 7) is 2.42. The molecule has 0 aliphatic heterocycles. The molecule has 0 spiro atoms. The van der Waals surface area contributed by atoms with Gasteiger partial charge in [0.05, 0.1) is 13.2 Å². The molecule has 1 unspecified atom stereocenters. The minimum Gasteiger partial charge on any atom is -0.497 e. The molecule has 3 nitrogen and oxygen atoms in total. The van der Waals surface area contributed by atoms with E-state index in [1.807, 2.05) is 55.5 Å². The molecule has 0 aliphatic carbocycles. The average Bonchev–Trinajstić information content (AvgIpc) is 2.53. The van der Waals surface area contributed by atoms with Crippen molar-refractivity contribution in [3.63, 3.8) is 0 Å². The maximum absolute atomic E-state index is 9.98. The van der Waals surface area contributed by atoms with Crippen molar-refractivity contribution in [1.29, 1.82) is 0 Å². The number of hydrogen-bond donors (Lipinski definition) is 1. The molecule has 2 aromatic rings. The fourth-order valence-corrected chi connectivity index (χ4v) is 1.99. The highest BCUT2D eigenvalue weighted by atomic mass is 16.5. The molecule has 0 bridgehead atoms. The zero-order valence-corrected chi connectivity index (χ0v) is 11.9. The molecular weight excluding hydrogens is 252 g/mol. The number of aliphatic hydroxyl groups excluding tert-OH is 1. The summed E-state index contributed by atoms with van der Waals surface area (Å²) in [6.07, 6.45) is 0.185. The molecule has 1 atom stereocenters. The monoisotopic (exact) mass is 272 g/mol. The molecule has 0 saturated heterocycles. The van der Waals surface area contributed by atoms with Crippen LogP contribution in [-0.4, -0.2) is 12.2 Å². The molecular formula is C17H20O3. The first kappa shape index (κ1) is 14.4. The first-order valence-corrected chi connectivity index (χ1v) is 6.77. The summed E-state index contributed by atoms with van der Waals surface area (Å²) >= 11 is 0. The summed E-state index contributed by atoms with van der Waals surface area (Å²) in [5, 5.41) is 9.98. The number of para-hydroxylation sites is 1. The van der Waals surface area contributed by atoms with Crippen LogP contribution in [0.5, 0.6) is 11.5 Å². The van der Waals surface area contributed by atoms with Crippen molar-refractivity contribution in [2.24, 2.45) is 0 Å². The van der Waals surface area contributed by atoms with Crippen molar-refractivity contribution in [1.82, 2.24) is 0 Å². The van der Waals surface area contributed by atoms with Gasteiger partial charge in [-0.1, -0.05) is 37.3 Å². The summed E-state index contributed by atoms with van der Waals surface area (Å²) in [5.41, 5.74) is 1.90. The van der Waals surface area contributed by atoms with Crippen LogP contribution in [0.3, 0.4) is 0 Å². The molecule has 1 N–H and O–H groups in total. The fourth-order valence-electron chi connectivity index (χ4n) is 1.99. The Labute approximate surface area is 119 Å². The van der Waals surface area contributed by atoms with Gasteiger partial charge in [-0.3, -0.25) is 0 Å². The van der Waals surface area contributed by atoms with Gasteiger partial charge in [0.2, 0.25) is 0 Å². The molecule has 3 heteroatoms. The standard InChI is InChI=1S/C17H20O3/c1-3-16(18)15-6-4-5-7-17(15)20-12-13-8-10-14(19-2)11-9-13/h4-11,16,18H,3,12H2,1-2H3. The number of rotatable bonds is 6. The van der Waals surface area contributed by atoms with Gasteiger partial charge in [0.25, 0.3) is 0 Å². The Balaban J connectivity index is 2.06. The highest BCUT2D eigenvalue weighted by molar-refractivity contribution is 5.35. The van der Waals surface area contributed by atoms with Crippen LogP contribution in [0.2, 0.25) is 0 Å². The number of ether oxygens (including phenoxy) is 2. The van der Waals surface area contributed by atoms with Crippen LogP contribution in [0.1, 0.15) is 30.6 Å². The number of benzene rings is 2. The van der Waals surface area contributed by atoms with Gasteiger partial charge in [0, 0.05) is 5.56 Å². The Hall–Kier alpha value is -2.00. The quantitative estimate of drug-likeness (QED) is 0.871. The molecule has 0 saturated carbocycles. The summed E-state index contributed by atoms with van der Waals surface area (Å²) < 4.78 is 10.9. The van der Waals surface area contributed by atoms with Crippen LogP contribution >= 0.6 is 0 Å². The summed E-state index contributed by atoms with van der Waals surface area (Å²) in [5.74, 6) is 1.56. The minimum atomic E-state index is -0.484. The van der Waals surface area contributed by atoms with Gasteiger partial charge in [0.1, 0.15) is 18.1 Å². The zero-order chi connectivity index (χ0) is 14.4. The van der Waals surface area contributed by atoms with E-state index in [9.17, 15) is 5.11 Å². The second-order valence-electron chi connectivity index (χ2n) is 4.60. The Kier molecular flexibility index (Phi) is 5.02. The van der Waals surface area contributed by atoms with E-state index in [1.54, 1.807) is 7.11 Å². The van der Waals surface area contributed by atoms with Crippen molar-refractivity contribution in [2.45, 2.75) is 26.1 Å². The SMILES string of the molecule is CCC(O)c1ccccc1OCc1ccc(OC)cc1. The van der Waals surface area contributed by atoms with Crippen LogP contribution in [0, 0.1) is 0 Å². The molecule has 2 rings (SSSR count). The summed E-state index contributed by atoms with van der Waals surface area (Å²) in [7, 11) is 1.65. The topological polar surface area (TPSA) is 38.7 Å². The molecule has 0 radical (unpaired) electrons. The molecule has 2 aromatic carbocycles. The first-order chi connectivity index (χ1) is 9.74. The van der Waals surface area contributed by atoms with E-state index >= 15 is 0 Å². The van der Waals surface area contributed by atoms with E-state index < -0.39 is 6.10 Å². The van der Waals surface area contributed by atoms with Crippen LogP contribution in [0.4, 0.5) is 0 Å². The Bertz CT molecular complexity index is 534. The molecule has 0 aliphatic rings. The van der Waals surface area contributed by atoms with Gasteiger partial charge in [0.15, 0.2) is 0 Å². The molecule has 0 fully saturated rings. The zero-order valence-electron chi connectivity index (χ0n) is 11.9. The highest BCUT2D eigenvalue weighted by Gasteiger charge is 2.10. The third kappa shape index (κ3) is 3.52. The Morgan fingerprint density at radius 2 is 1.75 bits per heavy atom. The van der Waals surface area contributed by atoms with E-state index in [1.165, 1.54) is 0 Å². The van der Waals surface area contributed by atoms with Crippen LogP contribution in [0.25, 0.3) is 0 Å². The lowest BCUT2D eigenvalue weighted by Crippen LogP contribution is -2.02. The lowest BCUT2D eigenvalue weighted by molar-refractivity contribution is 0.166. The fraction of sp³-hybridized carbons (Fsp3) is 0.294. The largest absolute Gasteiger partial charge is 0.497 e. The summed E-state index contributed by atoms with van der Waals surface area (Å²) in [6, 6.07) is 15.4. The van der Waals surface area contributed by atoms with Gasteiger partial charge in [-0.2, -0.15) is 0 Å². The highest BCUT2D eigenvalue weighted by Crippen LogP contribution is 2.27. The average molecular weight is 272 g/mol. The van der Waals surface area contributed by atoms with Crippen molar-refractivity contribution in [3.05, 3.63) is 59.7 Å². The van der Waals surface area contributed by atoms with E-state index in [-0.39, 0.29) is 0 Å². The molecule has 0 heterocycles. The van der Waals surface area contributed by atoms with Gasteiger partial charge < -0.3 is 14.6 Å². The third-order valence-corrected chi connectivity index (χ3v) is 3.22. The first-order valence-electron chi connectivity index (χ1n) is 6.77. The van der Waals surface area contributed by atoms with E-state index in [0.717, 1.165) is 22.6 Å². The smallest absolute Gasteiger partial charge is 0.125 e. The molecule has 0 aromatic heterocycles. The number of hydrogen-bond acceptors (Lipinski definition) is 3. The van der Waals surface area contributed by atoms with Gasteiger partial charge in [-0.25, -0.2) is 0 Å². The van der Waals surface area contributed by atoms with Crippen molar-refractivity contribution < 1.29 is 14.6 Å². The lowest BCUT2D eigenvalue weighted by atomic mass is 10.1. The van der Waals surface area contributed by atoms with Crippen LogP contribution in [-0.2, 0) is 6.61 Å². The van der Waals surface area contributed by atoms with Gasteiger partial charge in [-0.15, -0.1) is 0 Å². The maximum Gasteiger partial charge on any atom is 0.125 e. The molecule has 20 heavy (non-hydrogen) atoms. The van der Waals surface area contributed by atoms with Crippen LogP contribution in [0.15, 0.2) is 48.5 Å². The third-order valence-electron chi connectivity index (χ3n) is 3.22. The van der Waals surface area contributed by atoms with Crippen molar-refractivity contribution in [2.75, 3.05) is 7.11 Å². The lowest BCUT2D eigenvalue weighted by Gasteiger charge is -2.15. The number of methoxy groups -OCH3 is 1. The van der Waals surface area contributed by atoms with Gasteiger partial charge >= 0.3 is 0 Å². The second-order valence-corrected chi connectivity index (χ2v) is 4.60.